The monoisotopic (exact) mass is 576 g/mol. The van der Waals surface area contributed by atoms with Crippen molar-refractivity contribution in [1.82, 2.24) is 0 Å². The lowest BCUT2D eigenvalue weighted by Crippen LogP contribution is -2.40. The zero-order chi connectivity index (χ0) is 27.9. The first kappa shape index (κ1) is 30.8. The van der Waals surface area contributed by atoms with Crippen molar-refractivity contribution in [2.75, 3.05) is 6.61 Å². The lowest BCUT2D eigenvalue weighted by Gasteiger charge is -2.37. The number of carboxylic acid groups (broad SMARTS) is 1. The van der Waals surface area contributed by atoms with Gasteiger partial charge in [0.1, 0.15) is 6.10 Å². The molecule has 7 unspecified atom stereocenters. The number of hydrogen-bond donors (Lipinski definition) is 4. The number of esters is 1. The van der Waals surface area contributed by atoms with Crippen LogP contribution in [0.2, 0.25) is 0 Å². The molecule has 4 N–H and O–H groups in total. The van der Waals surface area contributed by atoms with Crippen LogP contribution in [0.1, 0.15) is 89.9 Å². The Kier molecular flexibility index (Phi) is 11.6. The van der Waals surface area contributed by atoms with E-state index < -0.39 is 41.0 Å². The maximum atomic E-state index is 12.9. The van der Waals surface area contributed by atoms with Gasteiger partial charge in [-0.25, -0.2) is 9.10 Å². The standard InChI is InChI=1S/C27H44O11S/c28-17-2-12-25(16(13-17)15-35-33)36-19-3-5-21(6-4-19)38-39(34)22-9-7-20(8-10-22)37-27(32)23-11-1-18(29)14-24(23)26(30)31/h16-25,28-29,33H,1-15H2,(H,30,31). The highest BCUT2D eigenvalue weighted by molar-refractivity contribution is 7.80. The summed E-state index contributed by atoms with van der Waals surface area (Å²) in [6, 6.07) is 0. The lowest BCUT2D eigenvalue weighted by atomic mass is 9.78. The molecule has 0 aromatic rings. The molecule has 4 aliphatic rings. The van der Waals surface area contributed by atoms with E-state index in [2.05, 4.69) is 4.89 Å². The lowest BCUT2D eigenvalue weighted by molar-refractivity contribution is -0.263. The number of aliphatic carboxylic acids is 1. The average molecular weight is 577 g/mol. The molecule has 0 bridgehead atoms. The van der Waals surface area contributed by atoms with Crippen molar-refractivity contribution in [2.45, 2.75) is 132 Å². The van der Waals surface area contributed by atoms with Crippen LogP contribution in [0.25, 0.3) is 0 Å². The minimum absolute atomic E-state index is 0.0382. The predicted octanol–water partition coefficient (Wildman–Crippen LogP) is 2.73. The third-order valence-electron chi connectivity index (χ3n) is 9.01. The van der Waals surface area contributed by atoms with E-state index in [1.54, 1.807) is 0 Å². The largest absolute Gasteiger partial charge is 0.481 e. The Labute approximate surface area is 232 Å². The predicted molar refractivity (Wildman–Crippen MR) is 139 cm³/mol. The molecule has 0 spiro atoms. The third kappa shape index (κ3) is 8.67. The van der Waals surface area contributed by atoms with Crippen molar-refractivity contribution in [3.05, 3.63) is 0 Å². The molecule has 0 heterocycles. The van der Waals surface area contributed by atoms with Gasteiger partial charge in [-0.05, 0) is 89.9 Å². The van der Waals surface area contributed by atoms with Crippen LogP contribution in [0.4, 0.5) is 0 Å². The van der Waals surface area contributed by atoms with Crippen molar-refractivity contribution in [1.29, 1.82) is 0 Å². The number of hydrogen-bond acceptors (Lipinski definition) is 10. The number of rotatable bonds is 10. The van der Waals surface area contributed by atoms with Gasteiger partial charge in [0.05, 0.1) is 54.2 Å². The van der Waals surface area contributed by atoms with Crippen LogP contribution in [0.15, 0.2) is 0 Å². The van der Waals surface area contributed by atoms with Gasteiger partial charge >= 0.3 is 11.9 Å². The minimum atomic E-state index is -1.44. The maximum absolute atomic E-state index is 12.9. The SMILES string of the molecule is O=C(O)C1CC(O)CCC1C(=O)OC1CCC(S(=O)OC2CCC(OC3CCC(O)CC3COO)CC2)CC1. The summed E-state index contributed by atoms with van der Waals surface area (Å²) in [5.41, 5.74) is 0. The van der Waals surface area contributed by atoms with Gasteiger partial charge in [0, 0.05) is 5.92 Å². The third-order valence-corrected chi connectivity index (χ3v) is 10.5. The quantitative estimate of drug-likeness (QED) is 0.171. The van der Waals surface area contributed by atoms with Crippen LogP contribution in [-0.4, -0.2) is 85.2 Å². The first-order valence-corrected chi connectivity index (χ1v) is 15.7. The molecule has 0 aromatic carbocycles. The molecule has 4 rings (SSSR count). The van der Waals surface area contributed by atoms with Crippen LogP contribution in [0.5, 0.6) is 0 Å². The Morgan fingerprint density at radius 3 is 2.03 bits per heavy atom. The zero-order valence-corrected chi connectivity index (χ0v) is 23.3. The molecular weight excluding hydrogens is 532 g/mol. The second kappa shape index (κ2) is 14.7. The molecule has 4 aliphatic carbocycles. The summed E-state index contributed by atoms with van der Waals surface area (Å²) < 4.78 is 30.8. The average Bonchev–Trinajstić information content (AvgIpc) is 2.91. The van der Waals surface area contributed by atoms with E-state index in [4.69, 9.17) is 18.9 Å². The summed E-state index contributed by atoms with van der Waals surface area (Å²) in [6.45, 7) is 0.147. The van der Waals surface area contributed by atoms with E-state index in [0.717, 1.165) is 32.1 Å². The molecule has 0 radical (unpaired) electrons. The number of carbonyl (C=O) groups excluding carboxylic acids is 1. The molecule has 0 aromatic heterocycles. The van der Waals surface area contributed by atoms with Crippen molar-refractivity contribution in [3.8, 4) is 0 Å². The number of ether oxygens (including phenoxy) is 2. The molecular formula is C27H44O11S. The Hall–Kier alpha value is -1.15. The highest BCUT2D eigenvalue weighted by atomic mass is 32.2. The Bertz CT molecular complexity index is 825. The molecule has 11 nitrogen and oxygen atoms in total. The molecule has 4 saturated carbocycles. The highest BCUT2D eigenvalue weighted by Crippen LogP contribution is 2.35. The minimum Gasteiger partial charge on any atom is -0.481 e. The molecule has 0 saturated heterocycles. The fraction of sp³-hybridized carbons (Fsp3) is 0.926. The van der Waals surface area contributed by atoms with Gasteiger partial charge in [-0.1, -0.05) is 0 Å². The first-order valence-electron chi connectivity index (χ1n) is 14.5. The molecule has 4 fully saturated rings. The molecule has 0 aliphatic heterocycles. The van der Waals surface area contributed by atoms with Crippen molar-refractivity contribution >= 4 is 23.0 Å². The second-order valence-electron chi connectivity index (χ2n) is 11.8. The number of carbonyl (C=O) groups is 2. The Morgan fingerprint density at radius 2 is 1.36 bits per heavy atom. The van der Waals surface area contributed by atoms with Crippen molar-refractivity contribution in [2.24, 2.45) is 17.8 Å². The maximum Gasteiger partial charge on any atom is 0.310 e. The number of aliphatic hydroxyl groups excluding tert-OH is 2. The van der Waals surface area contributed by atoms with Gasteiger partial charge < -0.3 is 24.8 Å². The van der Waals surface area contributed by atoms with E-state index in [1.807, 2.05) is 0 Å². The molecule has 224 valence electrons. The van der Waals surface area contributed by atoms with Gasteiger partial charge in [0.2, 0.25) is 0 Å². The Morgan fingerprint density at radius 1 is 0.744 bits per heavy atom. The molecule has 0 amide bonds. The summed E-state index contributed by atoms with van der Waals surface area (Å²) in [6.07, 6.45) is 6.68. The van der Waals surface area contributed by atoms with Gasteiger partial charge in [-0.2, -0.15) is 0 Å². The summed E-state index contributed by atoms with van der Waals surface area (Å²) in [5, 5.41) is 37.9. The topological polar surface area (TPSA) is 169 Å². The number of aliphatic hydroxyl groups is 2. The van der Waals surface area contributed by atoms with E-state index in [-0.39, 0.29) is 54.7 Å². The molecule has 12 heteroatoms. The molecule has 39 heavy (non-hydrogen) atoms. The van der Waals surface area contributed by atoms with Crippen LogP contribution < -0.4 is 0 Å². The smallest absolute Gasteiger partial charge is 0.310 e. The fourth-order valence-electron chi connectivity index (χ4n) is 6.68. The van der Waals surface area contributed by atoms with Crippen LogP contribution in [0, 0.1) is 17.8 Å². The van der Waals surface area contributed by atoms with Crippen molar-refractivity contribution < 1.29 is 52.9 Å². The van der Waals surface area contributed by atoms with Crippen molar-refractivity contribution in [3.63, 3.8) is 0 Å². The highest BCUT2D eigenvalue weighted by Gasteiger charge is 2.41. The normalized spacial score (nSPS) is 40.5. The fourth-order valence-corrected chi connectivity index (χ4v) is 7.96. The zero-order valence-electron chi connectivity index (χ0n) is 22.4. The van der Waals surface area contributed by atoms with Gasteiger partial charge in [-0.3, -0.25) is 19.0 Å². The van der Waals surface area contributed by atoms with Crippen LogP contribution in [0.3, 0.4) is 0 Å². The van der Waals surface area contributed by atoms with E-state index in [9.17, 15) is 29.1 Å². The van der Waals surface area contributed by atoms with Crippen LogP contribution in [-0.2, 0) is 39.2 Å². The number of carboxylic acids is 1. The van der Waals surface area contributed by atoms with Crippen LogP contribution >= 0.6 is 0 Å². The first-order chi connectivity index (χ1) is 18.7. The summed E-state index contributed by atoms with van der Waals surface area (Å²) in [4.78, 5) is 28.6. The van der Waals surface area contributed by atoms with Gasteiger partial charge in [0.15, 0.2) is 11.1 Å². The second-order valence-corrected chi connectivity index (χ2v) is 13.2. The van der Waals surface area contributed by atoms with E-state index >= 15 is 0 Å². The summed E-state index contributed by atoms with van der Waals surface area (Å²) >= 11 is -1.44. The van der Waals surface area contributed by atoms with Gasteiger partial charge in [-0.15, -0.1) is 0 Å². The summed E-state index contributed by atoms with van der Waals surface area (Å²) in [5.74, 6) is -3.29. The van der Waals surface area contributed by atoms with E-state index in [0.29, 0.717) is 51.4 Å². The molecule has 7 atom stereocenters. The van der Waals surface area contributed by atoms with E-state index in [1.165, 1.54) is 0 Å². The Balaban J connectivity index is 1.15. The summed E-state index contributed by atoms with van der Waals surface area (Å²) in [7, 11) is 0. The van der Waals surface area contributed by atoms with Gasteiger partial charge in [0.25, 0.3) is 0 Å².